The third-order valence-corrected chi connectivity index (χ3v) is 3.10. The van der Waals surface area contributed by atoms with Crippen LogP contribution in [0.1, 0.15) is 13.0 Å². The summed E-state index contributed by atoms with van der Waals surface area (Å²) in [6.45, 7) is 2.04. The Kier molecular flexibility index (Phi) is 8.63. The van der Waals surface area contributed by atoms with Gasteiger partial charge in [0.2, 0.25) is 0 Å². The predicted octanol–water partition coefficient (Wildman–Crippen LogP) is 4.78. The zero-order chi connectivity index (χ0) is 13.1. The van der Waals surface area contributed by atoms with E-state index in [1.807, 2.05) is 31.3 Å². The monoisotopic (exact) mass is 464 g/mol. The molecule has 4 radical (unpaired) electrons. The average molecular weight is 463 g/mol. The van der Waals surface area contributed by atoms with Crippen molar-refractivity contribution in [1.29, 1.82) is 0 Å². The standard InChI is InChI=1S/C18H14N.CH4.B.Ir/c1-14-10-11-18(19-13-14)17-9-5-8-16(12-17)15-6-3-2-4-7-15;;;/h2-8,10-13H,1H3;1H4;;/q-1;;;. The molecule has 0 saturated carbocycles. The van der Waals surface area contributed by atoms with Gasteiger partial charge in [-0.2, -0.15) is 0 Å². The Morgan fingerprint density at radius 3 is 2.27 bits per heavy atom. The maximum atomic E-state index is 4.45. The van der Waals surface area contributed by atoms with Gasteiger partial charge in [-0.05, 0) is 23.7 Å². The SMILES string of the molecule is C.Cc1ccc(-c2[c-]ccc(-c3ccccc3)c2)nc1.[B].[Ir]. The minimum atomic E-state index is 0. The van der Waals surface area contributed by atoms with Gasteiger partial charge in [-0.15, -0.1) is 35.4 Å². The molecule has 0 aliphatic rings. The first kappa shape index (κ1) is 20.3. The van der Waals surface area contributed by atoms with Crippen molar-refractivity contribution in [2.24, 2.45) is 0 Å². The van der Waals surface area contributed by atoms with Gasteiger partial charge in [-0.1, -0.05) is 49.9 Å². The zero-order valence-corrected chi connectivity index (χ0v) is 14.1. The van der Waals surface area contributed by atoms with Crippen LogP contribution in [0.5, 0.6) is 0 Å². The van der Waals surface area contributed by atoms with Gasteiger partial charge < -0.3 is 4.98 Å². The molecule has 0 aliphatic carbocycles. The third-order valence-electron chi connectivity index (χ3n) is 3.10. The largest absolute Gasteiger partial charge is 0.304 e. The minimum Gasteiger partial charge on any atom is -0.304 e. The fourth-order valence-electron chi connectivity index (χ4n) is 2.05. The van der Waals surface area contributed by atoms with Crippen LogP contribution in [0.3, 0.4) is 0 Å². The molecule has 0 bridgehead atoms. The third kappa shape index (κ3) is 4.66. The number of pyridine rings is 1. The molecule has 0 amide bonds. The van der Waals surface area contributed by atoms with E-state index in [4.69, 9.17) is 0 Å². The smallest absolute Gasteiger partial charge is 0.0190 e. The fourth-order valence-corrected chi connectivity index (χ4v) is 2.05. The summed E-state index contributed by atoms with van der Waals surface area (Å²) in [5.74, 6) is 0. The maximum absolute atomic E-state index is 4.45. The molecule has 3 heteroatoms. The minimum absolute atomic E-state index is 0. The van der Waals surface area contributed by atoms with Crippen LogP contribution in [-0.4, -0.2) is 13.4 Å². The summed E-state index contributed by atoms with van der Waals surface area (Å²) in [6, 6.07) is 23.9. The van der Waals surface area contributed by atoms with Crippen LogP contribution < -0.4 is 0 Å². The fraction of sp³-hybridized carbons (Fsp3) is 0.105. The molecule has 1 heterocycles. The van der Waals surface area contributed by atoms with Gasteiger partial charge >= 0.3 is 0 Å². The van der Waals surface area contributed by atoms with Gasteiger partial charge in [0.25, 0.3) is 0 Å². The predicted molar refractivity (Wildman–Crippen MR) is 91.2 cm³/mol. The molecule has 112 valence electrons. The Morgan fingerprint density at radius 1 is 0.909 bits per heavy atom. The average Bonchev–Trinajstić information content (AvgIpc) is 2.49. The molecule has 0 saturated heterocycles. The van der Waals surface area contributed by atoms with E-state index in [1.54, 1.807) is 0 Å². The van der Waals surface area contributed by atoms with Crippen molar-refractivity contribution in [3.63, 3.8) is 0 Å². The molecule has 0 atom stereocenters. The van der Waals surface area contributed by atoms with E-state index >= 15 is 0 Å². The van der Waals surface area contributed by atoms with Gasteiger partial charge in [0, 0.05) is 34.7 Å². The molecular formula is C19H18BIrN-. The Bertz CT molecular complexity index is 681. The quantitative estimate of drug-likeness (QED) is 0.394. The molecule has 0 fully saturated rings. The number of rotatable bonds is 2. The van der Waals surface area contributed by atoms with Crippen molar-refractivity contribution in [3.8, 4) is 22.4 Å². The summed E-state index contributed by atoms with van der Waals surface area (Å²) >= 11 is 0. The van der Waals surface area contributed by atoms with Crippen LogP contribution in [0, 0.1) is 13.0 Å². The summed E-state index contributed by atoms with van der Waals surface area (Å²) in [5, 5.41) is 0. The number of benzene rings is 2. The molecule has 22 heavy (non-hydrogen) atoms. The van der Waals surface area contributed by atoms with Crippen molar-refractivity contribution in [1.82, 2.24) is 4.98 Å². The van der Waals surface area contributed by atoms with Crippen LogP contribution in [0.15, 0.2) is 66.9 Å². The zero-order valence-electron chi connectivity index (χ0n) is 11.7. The second-order valence-electron chi connectivity index (χ2n) is 4.58. The first-order chi connectivity index (χ1) is 9.33. The second-order valence-corrected chi connectivity index (χ2v) is 4.58. The number of nitrogens with zero attached hydrogens (tertiary/aromatic N) is 1. The van der Waals surface area contributed by atoms with E-state index in [2.05, 4.69) is 53.5 Å². The summed E-state index contributed by atoms with van der Waals surface area (Å²) in [4.78, 5) is 4.45. The van der Waals surface area contributed by atoms with Gasteiger partial charge in [0.05, 0.1) is 0 Å². The molecule has 1 aromatic heterocycles. The van der Waals surface area contributed by atoms with E-state index in [9.17, 15) is 0 Å². The number of hydrogen-bond acceptors (Lipinski definition) is 1. The molecular weight excluding hydrogens is 445 g/mol. The molecule has 0 spiro atoms. The summed E-state index contributed by atoms with van der Waals surface area (Å²) in [6.07, 6.45) is 1.89. The summed E-state index contributed by atoms with van der Waals surface area (Å²) in [5.41, 5.74) is 5.56. The Hall–Kier alpha value is -1.70. The molecule has 2 aromatic carbocycles. The Morgan fingerprint density at radius 2 is 1.64 bits per heavy atom. The molecule has 3 rings (SSSR count). The van der Waals surface area contributed by atoms with E-state index in [-0.39, 0.29) is 35.9 Å². The topological polar surface area (TPSA) is 12.9 Å². The maximum Gasteiger partial charge on any atom is 0.0190 e. The van der Waals surface area contributed by atoms with Crippen molar-refractivity contribution in [2.75, 3.05) is 0 Å². The first-order valence-electron chi connectivity index (χ1n) is 6.33. The van der Waals surface area contributed by atoms with Crippen LogP contribution in [0.25, 0.3) is 22.4 Å². The van der Waals surface area contributed by atoms with Crippen LogP contribution in [0.4, 0.5) is 0 Å². The summed E-state index contributed by atoms with van der Waals surface area (Å²) < 4.78 is 0. The number of aromatic nitrogens is 1. The first-order valence-corrected chi connectivity index (χ1v) is 6.33. The van der Waals surface area contributed by atoms with Crippen molar-refractivity contribution >= 4 is 8.41 Å². The molecule has 1 nitrogen and oxygen atoms in total. The van der Waals surface area contributed by atoms with Crippen molar-refractivity contribution in [3.05, 3.63) is 78.5 Å². The normalized spacial score (nSPS) is 8.95. The summed E-state index contributed by atoms with van der Waals surface area (Å²) in [7, 11) is 0. The number of hydrogen-bond donors (Lipinski definition) is 0. The van der Waals surface area contributed by atoms with Crippen LogP contribution in [0.2, 0.25) is 0 Å². The molecule has 0 N–H and O–H groups in total. The molecule has 0 aliphatic heterocycles. The van der Waals surface area contributed by atoms with Gasteiger partial charge in [-0.3, -0.25) is 0 Å². The van der Waals surface area contributed by atoms with E-state index in [0.717, 1.165) is 11.3 Å². The van der Waals surface area contributed by atoms with E-state index in [0.29, 0.717) is 0 Å². The van der Waals surface area contributed by atoms with Crippen LogP contribution in [-0.2, 0) is 20.1 Å². The van der Waals surface area contributed by atoms with Gasteiger partial charge in [0.15, 0.2) is 0 Å². The Balaban J connectivity index is 0.00000147. The Labute approximate surface area is 148 Å². The number of aryl methyl sites for hydroxylation is 1. The molecule has 0 unspecified atom stereocenters. The van der Waals surface area contributed by atoms with E-state index < -0.39 is 0 Å². The molecule has 3 aromatic rings. The van der Waals surface area contributed by atoms with E-state index in [1.165, 1.54) is 16.7 Å². The van der Waals surface area contributed by atoms with Crippen LogP contribution >= 0.6 is 0 Å². The van der Waals surface area contributed by atoms with Crippen molar-refractivity contribution in [2.45, 2.75) is 14.4 Å². The van der Waals surface area contributed by atoms with Crippen molar-refractivity contribution < 1.29 is 20.1 Å². The van der Waals surface area contributed by atoms with Gasteiger partial charge in [-0.25, -0.2) is 0 Å². The van der Waals surface area contributed by atoms with Gasteiger partial charge in [0.1, 0.15) is 0 Å². The second kappa shape index (κ2) is 9.35.